The Morgan fingerprint density at radius 1 is 1.22 bits per heavy atom. The predicted octanol–water partition coefficient (Wildman–Crippen LogP) is 3.06. The Bertz CT molecular complexity index is 1270. The molecule has 1 aromatic heterocycles. The van der Waals surface area contributed by atoms with Crippen molar-refractivity contribution in [3.63, 3.8) is 0 Å². The molecular formula is C23H26N6O3. The van der Waals surface area contributed by atoms with Crippen LogP contribution in [0.4, 0.5) is 11.6 Å². The van der Waals surface area contributed by atoms with Gasteiger partial charge in [-0.05, 0) is 24.6 Å². The van der Waals surface area contributed by atoms with Crippen molar-refractivity contribution >= 4 is 28.4 Å². The highest BCUT2D eigenvalue weighted by Crippen LogP contribution is 2.35. The maximum atomic E-state index is 12.8. The maximum absolute atomic E-state index is 12.8. The molecule has 0 atom stereocenters. The molecule has 0 saturated carbocycles. The van der Waals surface area contributed by atoms with Crippen molar-refractivity contribution in [1.82, 2.24) is 14.9 Å². The highest BCUT2D eigenvalue weighted by Gasteiger charge is 2.19. The van der Waals surface area contributed by atoms with E-state index in [1.165, 1.54) is 14.2 Å². The first kappa shape index (κ1) is 22.6. The van der Waals surface area contributed by atoms with Crippen LogP contribution in [0, 0.1) is 11.3 Å². The van der Waals surface area contributed by atoms with Crippen molar-refractivity contribution in [3.8, 4) is 17.6 Å². The molecule has 166 valence electrons. The van der Waals surface area contributed by atoms with E-state index in [2.05, 4.69) is 15.0 Å². The number of hydrogen-bond acceptors (Lipinski definition) is 7. The lowest BCUT2D eigenvalue weighted by Gasteiger charge is -2.19. The van der Waals surface area contributed by atoms with E-state index in [4.69, 9.17) is 9.47 Å². The van der Waals surface area contributed by atoms with E-state index in [1.807, 2.05) is 68.2 Å². The van der Waals surface area contributed by atoms with E-state index < -0.39 is 5.56 Å². The SMILES string of the molecule is COc1cc2[nH]c(N(C)Cc3cccc(/N=C(\C)N(C)C)c3)nc(=O)c2c(C#N)c1OC. The van der Waals surface area contributed by atoms with Crippen LogP contribution in [-0.4, -0.2) is 56.1 Å². The average Bonchev–Trinajstić information content (AvgIpc) is 2.77. The van der Waals surface area contributed by atoms with Gasteiger partial charge in [-0.2, -0.15) is 10.2 Å². The molecule has 1 heterocycles. The van der Waals surface area contributed by atoms with Gasteiger partial charge in [0.05, 0.1) is 30.8 Å². The molecule has 9 nitrogen and oxygen atoms in total. The second-order valence-electron chi connectivity index (χ2n) is 7.47. The summed E-state index contributed by atoms with van der Waals surface area (Å²) in [5.41, 5.74) is 1.87. The van der Waals surface area contributed by atoms with Crippen LogP contribution in [0.2, 0.25) is 0 Å². The number of aliphatic imine (C=N–C) groups is 1. The van der Waals surface area contributed by atoms with Gasteiger partial charge in [-0.25, -0.2) is 4.99 Å². The molecule has 0 saturated heterocycles. The molecule has 0 aliphatic carbocycles. The van der Waals surface area contributed by atoms with Crippen LogP contribution in [0.5, 0.6) is 11.5 Å². The molecule has 3 aromatic rings. The number of hydrogen-bond donors (Lipinski definition) is 1. The number of ether oxygens (including phenoxy) is 2. The van der Waals surface area contributed by atoms with Gasteiger partial charge >= 0.3 is 0 Å². The summed E-state index contributed by atoms with van der Waals surface area (Å²) < 4.78 is 10.6. The van der Waals surface area contributed by atoms with Gasteiger partial charge in [-0.3, -0.25) is 4.79 Å². The molecule has 0 radical (unpaired) electrons. The number of aromatic nitrogens is 2. The lowest BCUT2D eigenvalue weighted by atomic mass is 10.1. The third-order valence-corrected chi connectivity index (χ3v) is 5.08. The fourth-order valence-corrected chi connectivity index (χ4v) is 3.26. The number of fused-ring (bicyclic) bond motifs is 1. The van der Waals surface area contributed by atoms with Crippen molar-refractivity contribution in [3.05, 3.63) is 51.8 Å². The summed E-state index contributed by atoms with van der Waals surface area (Å²) in [6.45, 7) is 2.44. The Kier molecular flexibility index (Phi) is 6.64. The maximum Gasteiger partial charge on any atom is 0.283 e. The zero-order chi connectivity index (χ0) is 23.4. The van der Waals surface area contributed by atoms with Crippen LogP contribution < -0.4 is 19.9 Å². The Labute approximate surface area is 186 Å². The average molecular weight is 435 g/mol. The zero-order valence-electron chi connectivity index (χ0n) is 19.1. The van der Waals surface area contributed by atoms with Crippen LogP contribution in [0.25, 0.3) is 10.9 Å². The first-order chi connectivity index (χ1) is 15.3. The van der Waals surface area contributed by atoms with Gasteiger partial charge in [-0.1, -0.05) is 12.1 Å². The highest BCUT2D eigenvalue weighted by atomic mass is 16.5. The van der Waals surface area contributed by atoms with E-state index in [0.717, 1.165) is 17.1 Å². The summed E-state index contributed by atoms with van der Waals surface area (Å²) in [5.74, 6) is 1.83. The third kappa shape index (κ3) is 4.49. The van der Waals surface area contributed by atoms with Crippen molar-refractivity contribution in [2.45, 2.75) is 13.5 Å². The number of nitrogens with zero attached hydrogens (tertiary/aromatic N) is 5. The second-order valence-corrected chi connectivity index (χ2v) is 7.47. The molecular weight excluding hydrogens is 408 g/mol. The topological polar surface area (TPSA) is 107 Å². The number of nitrogens with one attached hydrogen (secondary N) is 1. The van der Waals surface area contributed by atoms with Crippen LogP contribution >= 0.6 is 0 Å². The molecule has 2 aromatic carbocycles. The Morgan fingerprint density at radius 2 is 1.97 bits per heavy atom. The van der Waals surface area contributed by atoms with Crippen LogP contribution in [0.15, 0.2) is 40.1 Å². The van der Waals surface area contributed by atoms with Crippen LogP contribution in [-0.2, 0) is 6.54 Å². The van der Waals surface area contributed by atoms with Gasteiger partial charge in [0, 0.05) is 33.8 Å². The summed E-state index contributed by atoms with van der Waals surface area (Å²) in [6, 6.07) is 11.5. The van der Waals surface area contributed by atoms with Crippen molar-refractivity contribution in [2.24, 2.45) is 4.99 Å². The lowest BCUT2D eigenvalue weighted by Crippen LogP contribution is -2.23. The monoisotopic (exact) mass is 434 g/mol. The van der Waals surface area contributed by atoms with Gasteiger partial charge in [0.2, 0.25) is 5.95 Å². The normalized spacial score (nSPS) is 11.2. The zero-order valence-corrected chi connectivity index (χ0v) is 19.1. The summed E-state index contributed by atoms with van der Waals surface area (Å²) in [6.07, 6.45) is 0. The molecule has 1 N–H and O–H groups in total. The number of aromatic amines is 1. The summed E-state index contributed by atoms with van der Waals surface area (Å²) in [5, 5.41) is 9.76. The van der Waals surface area contributed by atoms with E-state index in [1.54, 1.807) is 6.07 Å². The number of benzene rings is 2. The first-order valence-electron chi connectivity index (χ1n) is 9.90. The van der Waals surface area contributed by atoms with Gasteiger partial charge < -0.3 is 24.3 Å². The van der Waals surface area contributed by atoms with Crippen molar-refractivity contribution < 1.29 is 9.47 Å². The molecule has 0 bridgehead atoms. The van der Waals surface area contributed by atoms with Crippen molar-refractivity contribution in [2.75, 3.05) is 40.3 Å². The number of H-pyrrole nitrogens is 1. The molecule has 9 heteroatoms. The van der Waals surface area contributed by atoms with Crippen LogP contribution in [0.1, 0.15) is 18.1 Å². The van der Waals surface area contributed by atoms with Gasteiger partial charge in [0.15, 0.2) is 11.5 Å². The number of anilines is 1. The Hall–Kier alpha value is -4.06. The van der Waals surface area contributed by atoms with Gasteiger partial charge in [0.25, 0.3) is 5.56 Å². The van der Waals surface area contributed by atoms with Crippen molar-refractivity contribution in [1.29, 1.82) is 5.26 Å². The second kappa shape index (κ2) is 9.39. The molecule has 3 rings (SSSR count). The molecule has 0 amide bonds. The lowest BCUT2D eigenvalue weighted by molar-refractivity contribution is 0.355. The summed E-state index contributed by atoms with van der Waals surface area (Å²) >= 11 is 0. The fraction of sp³-hybridized carbons (Fsp3) is 0.304. The van der Waals surface area contributed by atoms with Gasteiger partial charge in [-0.15, -0.1) is 0 Å². The third-order valence-electron chi connectivity index (χ3n) is 5.08. The quantitative estimate of drug-likeness (QED) is 0.469. The molecule has 0 aliphatic rings. The predicted molar refractivity (Wildman–Crippen MR) is 125 cm³/mol. The molecule has 0 aliphatic heterocycles. The first-order valence-corrected chi connectivity index (χ1v) is 9.90. The fourth-order valence-electron chi connectivity index (χ4n) is 3.26. The number of methoxy groups -OCH3 is 2. The molecule has 32 heavy (non-hydrogen) atoms. The van der Waals surface area contributed by atoms with E-state index in [0.29, 0.717) is 23.8 Å². The number of nitriles is 1. The highest BCUT2D eigenvalue weighted by molar-refractivity contribution is 5.89. The van der Waals surface area contributed by atoms with Gasteiger partial charge in [0.1, 0.15) is 17.5 Å². The molecule has 0 unspecified atom stereocenters. The molecule has 0 fully saturated rings. The van der Waals surface area contributed by atoms with E-state index >= 15 is 0 Å². The Morgan fingerprint density at radius 3 is 2.59 bits per heavy atom. The number of amidine groups is 1. The number of rotatable bonds is 6. The molecule has 0 spiro atoms. The largest absolute Gasteiger partial charge is 0.493 e. The summed E-state index contributed by atoms with van der Waals surface area (Å²) in [7, 11) is 8.62. The minimum atomic E-state index is -0.516. The standard InChI is InChI=1S/C23H26N6O3/c1-14(28(2)3)25-16-9-7-8-15(10-16)13-29(4)23-26-18-11-19(31-5)21(32-6)17(12-24)20(18)22(30)27-23/h7-11H,13H2,1-6H3,(H,26,27,30)/b25-14+. The van der Waals surface area contributed by atoms with E-state index in [9.17, 15) is 10.1 Å². The smallest absolute Gasteiger partial charge is 0.283 e. The van der Waals surface area contributed by atoms with Crippen LogP contribution in [0.3, 0.4) is 0 Å². The minimum absolute atomic E-state index is 0.0895. The van der Waals surface area contributed by atoms with E-state index in [-0.39, 0.29) is 16.7 Å². The summed E-state index contributed by atoms with van der Waals surface area (Å²) in [4.78, 5) is 28.5. The minimum Gasteiger partial charge on any atom is -0.493 e. The Balaban J connectivity index is 2.00.